The Balaban J connectivity index is 1.77. The first-order chi connectivity index (χ1) is 11.5. The van der Waals surface area contributed by atoms with E-state index in [0.29, 0.717) is 37.8 Å². The molecule has 2 aromatic heterocycles. The highest BCUT2D eigenvalue weighted by Gasteiger charge is 2.12. The lowest BCUT2D eigenvalue weighted by Gasteiger charge is -2.05. The molecule has 0 radical (unpaired) electrons. The van der Waals surface area contributed by atoms with E-state index in [-0.39, 0.29) is 0 Å². The molecule has 1 aromatic carbocycles. The number of hydrogen-bond donors (Lipinski definition) is 1. The van der Waals surface area contributed by atoms with Crippen molar-refractivity contribution in [2.24, 2.45) is 0 Å². The monoisotopic (exact) mass is 400 g/mol. The smallest absolute Gasteiger partial charge is 0.209 e. The van der Waals surface area contributed by atoms with Crippen molar-refractivity contribution in [1.82, 2.24) is 20.2 Å². The van der Waals surface area contributed by atoms with Crippen LogP contribution in [0.25, 0.3) is 11.4 Å². The Kier molecular flexibility index (Phi) is 5.50. The second kappa shape index (κ2) is 7.61. The van der Waals surface area contributed by atoms with Gasteiger partial charge in [-0.25, -0.2) is 9.97 Å². The van der Waals surface area contributed by atoms with E-state index in [2.05, 4.69) is 20.2 Å². The highest BCUT2D eigenvalue weighted by atomic mass is 35.5. The number of thioether (sulfide) groups is 1. The first-order valence-corrected chi connectivity index (χ1v) is 8.88. The van der Waals surface area contributed by atoms with Crippen LogP contribution in [0.4, 0.5) is 0 Å². The van der Waals surface area contributed by atoms with Crippen LogP contribution in [0.3, 0.4) is 0 Å². The molecule has 9 heteroatoms. The molecule has 0 aliphatic rings. The summed E-state index contributed by atoms with van der Waals surface area (Å²) in [4.78, 5) is 8.38. The van der Waals surface area contributed by atoms with Gasteiger partial charge in [-0.3, -0.25) is 5.10 Å². The summed E-state index contributed by atoms with van der Waals surface area (Å²) in [5, 5.41) is 9.01. The molecule has 0 aliphatic heterocycles. The van der Waals surface area contributed by atoms with E-state index in [9.17, 15) is 0 Å². The topological polar surface area (TPSA) is 63.7 Å². The number of nitrogens with one attached hydrogen (secondary N) is 1. The minimum Gasteiger partial charge on any atom is -0.496 e. The van der Waals surface area contributed by atoms with Gasteiger partial charge in [0.2, 0.25) is 5.16 Å². The SMILES string of the molecule is COc1ccc(Cl)cc1-c1nc(SCc2cc(Cl)nc(Cl)c2)n[nH]1. The van der Waals surface area contributed by atoms with Crippen molar-refractivity contribution in [2.45, 2.75) is 10.9 Å². The highest BCUT2D eigenvalue weighted by molar-refractivity contribution is 7.98. The Morgan fingerprint density at radius 2 is 1.83 bits per heavy atom. The van der Waals surface area contributed by atoms with Gasteiger partial charge >= 0.3 is 0 Å². The lowest BCUT2D eigenvalue weighted by Crippen LogP contribution is -1.89. The van der Waals surface area contributed by atoms with Crippen molar-refractivity contribution >= 4 is 46.6 Å². The standard InChI is InChI=1S/C15H11Cl3N4OS/c1-23-11-3-2-9(16)6-10(11)14-20-15(22-21-14)24-7-8-4-12(17)19-13(18)5-8/h2-6H,7H2,1H3,(H,20,21,22). The predicted molar refractivity (Wildman–Crippen MR) is 97.2 cm³/mol. The first kappa shape index (κ1) is 17.4. The van der Waals surface area contributed by atoms with E-state index in [1.165, 1.54) is 11.8 Å². The number of rotatable bonds is 5. The number of benzene rings is 1. The summed E-state index contributed by atoms with van der Waals surface area (Å²) in [7, 11) is 1.59. The fourth-order valence-corrected chi connectivity index (χ4v) is 3.45. The summed E-state index contributed by atoms with van der Waals surface area (Å²) in [6.07, 6.45) is 0. The molecule has 0 unspecified atom stereocenters. The number of halogens is 3. The van der Waals surface area contributed by atoms with Crippen LogP contribution in [0.15, 0.2) is 35.5 Å². The van der Waals surface area contributed by atoms with Crippen molar-refractivity contribution in [1.29, 1.82) is 0 Å². The molecule has 0 bridgehead atoms. The number of H-pyrrole nitrogens is 1. The largest absolute Gasteiger partial charge is 0.496 e. The summed E-state index contributed by atoms with van der Waals surface area (Å²) >= 11 is 19.3. The Hall–Kier alpha value is -1.47. The molecule has 3 aromatic rings. The van der Waals surface area contributed by atoms with Gasteiger partial charge in [0.25, 0.3) is 0 Å². The zero-order valence-corrected chi connectivity index (χ0v) is 15.5. The zero-order valence-electron chi connectivity index (χ0n) is 12.4. The fraction of sp³-hybridized carbons (Fsp3) is 0.133. The van der Waals surface area contributed by atoms with Gasteiger partial charge in [-0.05, 0) is 35.9 Å². The van der Waals surface area contributed by atoms with Gasteiger partial charge in [-0.2, -0.15) is 0 Å². The number of methoxy groups -OCH3 is 1. The molecule has 0 aliphatic carbocycles. The van der Waals surface area contributed by atoms with Crippen molar-refractivity contribution < 1.29 is 4.74 Å². The molecule has 0 saturated carbocycles. The van der Waals surface area contributed by atoms with Crippen LogP contribution in [0.5, 0.6) is 5.75 Å². The molecule has 0 saturated heterocycles. The first-order valence-electron chi connectivity index (χ1n) is 6.76. The molecule has 124 valence electrons. The van der Waals surface area contributed by atoms with E-state index in [4.69, 9.17) is 39.5 Å². The second-order valence-electron chi connectivity index (χ2n) is 4.72. The fourth-order valence-electron chi connectivity index (χ4n) is 2.04. The van der Waals surface area contributed by atoms with Gasteiger partial charge in [0.15, 0.2) is 5.82 Å². The van der Waals surface area contributed by atoms with Crippen LogP contribution in [0.1, 0.15) is 5.56 Å². The van der Waals surface area contributed by atoms with Gasteiger partial charge in [0.1, 0.15) is 16.1 Å². The zero-order chi connectivity index (χ0) is 17.1. The van der Waals surface area contributed by atoms with Crippen LogP contribution >= 0.6 is 46.6 Å². The van der Waals surface area contributed by atoms with Crippen LogP contribution in [0.2, 0.25) is 15.3 Å². The van der Waals surface area contributed by atoms with Crippen LogP contribution < -0.4 is 4.74 Å². The van der Waals surface area contributed by atoms with Crippen LogP contribution in [-0.2, 0) is 5.75 Å². The normalized spacial score (nSPS) is 10.8. The van der Waals surface area contributed by atoms with E-state index in [1.807, 2.05) is 0 Å². The molecule has 24 heavy (non-hydrogen) atoms. The average Bonchev–Trinajstić information content (AvgIpc) is 3.01. The summed E-state index contributed by atoms with van der Waals surface area (Å²) in [5.41, 5.74) is 1.69. The third-order valence-corrected chi connectivity index (χ3v) is 4.61. The third kappa shape index (κ3) is 4.13. The number of pyridine rings is 1. The number of hydrogen-bond acceptors (Lipinski definition) is 5. The molecule has 0 spiro atoms. The number of nitrogens with zero attached hydrogens (tertiary/aromatic N) is 3. The van der Waals surface area contributed by atoms with Crippen molar-refractivity contribution in [3.05, 3.63) is 51.2 Å². The number of ether oxygens (including phenoxy) is 1. The average molecular weight is 402 g/mol. The van der Waals surface area contributed by atoms with Gasteiger partial charge in [-0.1, -0.05) is 46.6 Å². The molecule has 0 fully saturated rings. The van der Waals surface area contributed by atoms with Gasteiger partial charge in [0.05, 0.1) is 12.7 Å². The molecule has 0 amide bonds. The molecule has 0 atom stereocenters. The summed E-state index contributed by atoms with van der Waals surface area (Å²) < 4.78 is 5.33. The summed E-state index contributed by atoms with van der Waals surface area (Å²) in [6, 6.07) is 8.83. The van der Waals surface area contributed by atoms with Gasteiger partial charge < -0.3 is 4.74 Å². The van der Waals surface area contributed by atoms with E-state index < -0.39 is 0 Å². The Bertz CT molecular complexity index is 851. The molecule has 3 rings (SSSR count). The minimum atomic E-state index is 0.359. The third-order valence-electron chi connectivity index (χ3n) is 3.07. The summed E-state index contributed by atoms with van der Waals surface area (Å²) in [5.74, 6) is 1.87. The lowest BCUT2D eigenvalue weighted by molar-refractivity contribution is 0.416. The molecular formula is C15H11Cl3N4OS. The van der Waals surface area contributed by atoms with Crippen LogP contribution in [-0.4, -0.2) is 27.3 Å². The highest BCUT2D eigenvalue weighted by Crippen LogP contribution is 2.31. The minimum absolute atomic E-state index is 0.359. The maximum Gasteiger partial charge on any atom is 0.209 e. The van der Waals surface area contributed by atoms with Crippen LogP contribution in [0, 0.1) is 0 Å². The van der Waals surface area contributed by atoms with Crippen molar-refractivity contribution in [2.75, 3.05) is 7.11 Å². The second-order valence-corrected chi connectivity index (χ2v) is 6.87. The molecule has 2 heterocycles. The van der Waals surface area contributed by atoms with E-state index in [0.717, 1.165) is 11.1 Å². The lowest BCUT2D eigenvalue weighted by atomic mass is 10.2. The predicted octanol–water partition coefficient (Wildman–Crippen LogP) is 5.13. The quantitative estimate of drug-likeness (QED) is 0.474. The Morgan fingerprint density at radius 1 is 1.08 bits per heavy atom. The van der Waals surface area contributed by atoms with Gasteiger partial charge in [0, 0.05) is 10.8 Å². The Morgan fingerprint density at radius 3 is 2.54 bits per heavy atom. The van der Waals surface area contributed by atoms with E-state index >= 15 is 0 Å². The summed E-state index contributed by atoms with van der Waals surface area (Å²) in [6.45, 7) is 0. The molecule has 5 nitrogen and oxygen atoms in total. The molecule has 1 N–H and O–H groups in total. The number of aromatic nitrogens is 4. The maximum atomic E-state index is 6.05. The van der Waals surface area contributed by atoms with E-state index in [1.54, 1.807) is 37.4 Å². The Labute approximate surface area is 157 Å². The van der Waals surface area contributed by atoms with Crippen molar-refractivity contribution in [3.63, 3.8) is 0 Å². The maximum absolute atomic E-state index is 6.05. The molecular weight excluding hydrogens is 391 g/mol. The number of aromatic amines is 1. The van der Waals surface area contributed by atoms with Gasteiger partial charge in [-0.15, -0.1) is 5.10 Å². The van der Waals surface area contributed by atoms with Crippen molar-refractivity contribution in [3.8, 4) is 17.1 Å².